The van der Waals surface area contributed by atoms with Crippen molar-refractivity contribution in [3.63, 3.8) is 0 Å². The Hall–Kier alpha value is -1.15. The number of carbonyl (C=O) groups is 1. The van der Waals surface area contributed by atoms with Crippen LogP contribution in [0.3, 0.4) is 0 Å². The lowest BCUT2D eigenvalue weighted by atomic mass is 9.93. The number of sulfonamides is 1. The smallest absolute Gasteiger partial charge is 0.338 e. The number of benzene rings is 1. The third-order valence-corrected chi connectivity index (χ3v) is 5.54. The summed E-state index contributed by atoms with van der Waals surface area (Å²) in [5.41, 5.74) is 6.76. The first-order chi connectivity index (χ1) is 10.3. The van der Waals surface area contributed by atoms with Gasteiger partial charge in [-0.15, -0.1) is 12.4 Å². The fraction of sp³-hybridized carbons (Fsp3) is 0.533. The second kappa shape index (κ2) is 8.10. The standard InChI is InChI=1S/C15H22N2O4S.ClH/c1-10-3-8-13(9-14(10)15(18)21-2)22(19,20)17-12-6-4-11(16)5-7-12;/h3,8-9,11-12,17H,4-7,16H2,1-2H3;1H. The van der Waals surface area contributed by atoms with E-state index in [1.165, 1.54) is 19.2 Å². The first kappa shape index (κ1) is 19.9. The van der Waals surface area contributed by atoms with E-state index in [2.05, 4.69) is 9.46 Å². The van der Waals surface area contributed by atoms with Crippen LogP contribution in [0, 0.1) is 6.92 Å². The van der Waals surface area contributed by atoms with Gasteiger partial charge in [-0.2, -0.15) is 0 Å². The number of methoxy groups -OCH3 is 1. The van der Waals surface area contributed by atoms with Crippen LogP contribution in [0.2, 0.25) is 0 Å². The molecule has 0 amide bonds. The summed E-state index contributed by atoms with van der Waals surface area (Å²) in [7, 11) is -2.39. The monoisotopic (exact) mass is 362 g/mol. The van der Waals surface area contributed by atoms with Gasteiger partial charge in [0, 0.05) is 12.1 Å². The molecule has 0 radical (unpaired) electrons. The van der Waals surface area contributed by atoms with Crippen LogP contribution in [0.25, 0.3) is 0 Å². The zero-order valence-electron chi connectivity index (χ0n) is 13.2. The average molecular weight is 363 g/mol. The lowest BCUT2D eigenvalue weighted by molar-refractivity contribution is 0.0599. The van der Waals surface area contributed by atoms with Gasteiger partial charge in [-0.3, -0.25) is 0 Å². The number of carbonyl (C=O) groups excluding carboxylic acids is 1. The van der Waals surface area contributed by atoms with E-state index in [0.29, 0.717) is 5.56 Å². The molecule has 0 aliphatic heterocycles. The van der Waals surface area contributed by atoms with Crippen molar-refractivity contribution in [3.8, 4) is 0 Å². The highest BCUT2D eigenvalue weighted by molar-refractivity contribution is 7.89. The van der Waals surface area contributed by atoms with Crippen LogP contribution in [-0.2, 0) is 14.8 Å². The van der Waals surface area contributed by atoms with Crippen molar-refractivity contribution in [1.82, 2.24) is 4.72 Å². The summed E-state index contributed by atoms with van der Waals surface area (Å²) >= 11 is 0. The van der Waals surface area contributed by atoms with Crippen LogP contribution in [0.4, 0.5) is 0 Å². The van der Waals surface area contributed by atoms with Crippen LogP contribution in [0.15, 0.2) is 23.1 Å². The molecule has 0 spiro atoms. The first-order valence-corrected chi connectivity index (χ1v) is 8.78. The van der Waals surface area contributed by atoms with Crippen molar-refractivity contribution in [3.05, 3.63) is 29.3 Å². The summed E-state index contributed by atoms with van der Waals surface area (Å²) in [4.78, 5) is 11.8. The Morgan fingerprint density at radius 1 is 1.26 bits per heavy atom. The van der Waals surface area contributed by atoms with Gasteiger partial charge in [-0.25, -0.2) is 17.9 Å². The van der Waals surface area contributed by atoms with Crippen molar-refractivity contribution in [2.75, 3.05) is 7.11 Å². The second-order valence-corrected chi connectivity index (χ2v) is 7.42. The van der Waals surface area contributed by atoms with Gasteiger partial charge in [0.1, 0.15) is 0 Å². The highest BCUT2D eigenvalue weighted by Gasteiger charge is 2.25. The number of aryl methyl sites for hydroxylation is 1. The fourth-order valence-corrected chi connectivity index (χ4v) is 3.95. The van der Waals surface area contributed by atoms with Gasteiger partial charge in [0.2, 0.25) is 10.0 Å². The summed E-state index contributed by atoms with van der Waals surface area (Å²) in [6.07, 6.45) is 3.09. The summed E-state index contributed by atoms with van der Waals surface area (Å²) in [6, 6.07) is 4.52. The van der Waals surface area contributed by atoms with Crippen molar-refractivity contribution in [2.24, 2.45) is 5.73 Å². The number of hydrogen-bond acceptors (Lipinski definition) is 5. The third kappa shape index (κ3) is 4.91. The van der Waals surface area contributed by atoms with Crippen LogP contribution in [-0.4, -0.2) is 33.6 Å². The van der Waals surface area contributed by atoms with E-state index >= 15 is 0 Å². The van der Waals surface area contributed by atoms with E-state index in [1.807, 2.05) is 0 Å². The highest BCUT2D eigenvalue weighted by Crippen LogP contribution is 2.21. The van der Waals surface area contributed by atoms with Crippen molar-refractivity contribution in [2.45, 2.75) is 49.6 Å². The molecule has 0 saturated heterocycles. The predicted molar refractivity (Wildman–Crippen MR) is 90.3 cm³/mol. The Morgan fingerprint density at radius 2 is 1.87 bits per heavy atom. The Labute approximate surface area is 143 Å². The Bertz CT molecular complexity index is 655. The summed E-state index contributed by atoms with van der Waals surface area (Å²) in [6.45, 7) is 1.73. The molecule has 1 aliphatic carbocycles. The van der Waals surface area contributed by atoms with Gasteiger partial charge >= 0.3 is 5.97 Å². The molecule has 8 heteroatoms. The maximum Gasteiger partial charge on any atom is 0.338 e. The topological polar surface area (TPSA) is 98.5 Å². The largest absolute Gasteiger partial charge is 0.465 e. The number of nitrogens with two attached hydrogens (primary N) is 1. The number of esters is 1. The molecule has 23 heavy (non-hydrogen) atoms. The minimum absolute atomic E-state index is 0. The molecule has 1 aromatic carbocycles. The van der Waals surface area contributed by atoms with E-state index in [-0.39, 0.29) is 34.9 Å². The molecule has 0 atom stereocenters. The number of hydrogen-bond donors (Lipinski definition) is 2. The van der Waals surface area contributed by atoms with Gasteiger partial charge in [0.05, 0.1) is 17.6 Å². The number of nitrogens with one attached hydrogen (secondary N) is 1. The normalized spacial score (nSPS) is 21.3. The molecule has 0 bridgehead atoms. The molecule has 130 valence electrons. The Balaban J connectivity index is 0.00000264. The molecule has 1 saturated carbocycles. The maximum atomic E-state index is 12.5. The van der Waals surface area contributed by atoms with Crippen molar-refractivity contribution >= 4 is 28.4 Å². The lowest BCUT2D eigenvalue weighted by Gasteiger charge is -2.26. The summed E-state index contributed by atoms with van der Waals surface area (Å²) < 4.78 is 32.3. The van der Waals surface area contributed by atoms with Gasteiger partial charge in [0.25, 0.3) is 0 Å². The van der Waals surface area contributed by atoms with E-state index in [0.717, 1.165) is 25.7 Å². The van der Waals surface area contributed by atoms with Gasteiger partial charge in [-0.05, 0) is 50.3 Å². The highest BCUT2D eigenvalue weighted by atomic mass is 35.5. The molecule has 1 aliphatic rings. The van der Waals surface area contributed by atoms with Crippen LogP contribution >= 0.6 is 12.4 Å². The quantitative estimate of drug-likeness (QED) is 0.795. The molecule has 1 fully saturated rings. The molecule has 0 aromatic heterocycles. The lowest BCUT2D eigenvalue weighted by Crippen LogP contribution is -2.40. The number of ether oxygens (including phenoxy) is 1. The van der Waals surface area contributed by atoms with Crippen molar-refractivity contribution in [1.29, 1.82) is 0 Å². The second-order valence-electron chi connectivity index (χ2n) is 5.70. The first-order valence-electron chi connectivity index (χ1n) is 7.30. The minimum atomic E-state index is -3.66. The molecule has 2 rings (SSSR count). The Kier molecular flexibility index (Phi) is 7.01. The van der Waals surface area contributed by atoms with Crippen LogP contribution in [0.1, 0.15) is 41.6 Å². The Morgan fingerprint density at radius 3 is 2.43 bits per heavy atom. The number of rotatable bonds is 4. The molecule has 0 heterocycles. The summed E-state index contributed by atoms with van der Waals surface area (Å²) in [5, 5.41) is 0. The van der Waals surface area contributed by atoms with E-state index < -0.39 is 16.0 Å². The van der Waals surface area contributed by atoms with Gasteiger partial charge < -0.3 is 10.5 Å². The van der Waals surface area contributed by atoms with E-state index in [9.17, 15) is 13.2 Å². The SMILES string of the molecule is COC(=O)c1cc(S(=O)(=O)NC2CCC(N)CC2)ccc1C.Cl. The summed E-state index contributed by atoms with van der Waals surface area (Å²) in [5.74, 6) is -0.543. The van der Waals surface area contributed by atoms with Crippen LogP contribution in [0.5, 0.6) is 0 Å². The van der Waals surface area contributed by atoms with Gasteiger partial charge in [-0.1, -0.05) is 6.07 Å². The predicted octanol–water partition coefficient (Wildman–Crippen LogP) is 1.75. The molecule has 0 unspecified atom stereocenters. The van der Waals surface area contributed by atoms with Crippen molar-refractivity contribution < 1.29 is 17.9 Å². The molecule has 3 N–H and O–H groups in total. The zero-order valence-corrected chi connectivity index (χ0v) is 14.9. The fourth-order valence-electron chi connectivity index (χ4n) is 2.62. The molecule has 1 aromatic rings. The number of halogens is 1. The third-order valence-electron chi connectivity index (χ3n) is 4.02. The molecule has 6 nitrogen and oxygen atoms in total. The average Bonchev–Trinajstić information content (AvgIpc) is 2.49. The maximum absolute atomic E-state index is 12.5. The van der Waals surface area contributed by atoms with Gasteiger partial charge in [0.15, 0.2) is 0 Å². The van der Waals surface area contributed by atoms with E-state index in [1.54, 1.807) is 13.0 Å². The zero-order chi connectivity index (χ0) is 16.3. The van der Waals surface area contributed by atoms with Crippen LogP contribution < -0.4 is 10.5 Å². The minimum Gasteiger partial charge on any atom is -0.465 e. The van der Waals surface area contributed by atoms with E-state index in [4.69, 9.17) is 5.73 Å². The molecular weight excluding hydrogens is 340 g/mol. The molecular formula is C15H23ClN2O4S.